The Balaban J connectivity index is 1.64. The molecule has 5 heteroatoms. The first kappa shape index (κ1) is 16.9. The predicted molar refractivity (Wildman–Crippen MR) is 94.4 cm³/mol. The van der Waals surface area contributed by atoms with Crippen molar-refractivity contribution in [3.63, 3.8) is 0 Å². The van der Waals surface area contributed by atoms with E-state index in [0.29, 0.717) is 6.54 Å². The number of aryl methyl sites for hydroxylation is 1. The van der Waals surface area contributed by atoms with Crippen LogP contribution in [0, 0.1) is 12.7 Å². The van der Waals surface area contributed by atoms with Crippen molar-refractivity contribution >= 4 is 16.1 Å². The van der Waals surface area contributed by atoms with Gasteiger partial charge in [-0.3, -0.25) is 0 Å². The maximum absolute atomic E-state index is 13.0. The van der Waals surface area contributed by atoms with Gasteiger partial charge >= 0.3 is 0 Å². The SMILES string of the molecule is Cc1ccc(/C=C/S(=O)(=O)NCC2(c3ccc(F)cc3)CC2)cc1. The quantitative estimate of drug-likeness (QED) is 0.866. The fraction of sp³-hybridized carbons (Fsp3) is 0.263. The van der Waals surface area contributed by atoms with Crippen LogP contribution < -0.4 is 4.72 Å². The number of halogens is 1. The highest BCUT2D eigenvalue weighted by molar-refractivity contribution is 7.92. The van der Waals surface area contributed by atoms with Crippen LogP contribution in [0.3, 0.4) is 0 Å². The maximum Gasteiger partial charge on any atom is 0.233 e. The van der Waals surface area contributed by atoms with Gasteiger partial charge in [-0.2, -0.15) is 0 Å². The summed E-state index contributed by atoms with van der Waals surface area (Å²) in [5.41, 5.74) is 2.75. The molecular formula is C19H20FNO2S. The molecule has 0 heterocycles. The number of benzene rings is 2. The van der Waals surface area contributed by atoms with E-state index in [1.807, 2.05) is 31.2 Å². The van der Waals surface area contributed by atoms with Gasteiger partial charge in [-0.25, -0.2) is 17.5 Å². The molecule has 1 aliphatic carbocycles. The Kier molecular flexibility index (Phi) is 4.56. The van der Waals surface area contributed by atoms with E-state index in [1.165, 1.54) is 17.5 Å². The van der Waals surface area contributed by atoms with Crippen molar-refractivity contribution in [1.29, 1.82) is 0 Å². The van der Waals surface area contributed by atoms with Gasteiger partial charge in [-0.1, -0.05) is 42.0 Å². The molecule has 3 rings (SSSR count). The van der Waals surface area contributed by atoms with Gasteiger partial charge in [0.1, 0.15) is 5.82 Å². The second-order valence-corrected chi connectivity index (χ2v) is 8.02. The van der Waals surface area contributed by atoms with Crippen LogP contribution in [0.1, 0.15) is 29.5 Å². The molecule has 0 radical (unpaired) electrons. The first-order valence-electron chi connectivity index (χ1n) is 7.89. The monoisotopic (exact) mass is 345 g/mol. The minimum Gasteiger partial charge on any atom is -0.211 e. The summed E-state index contributed by atoms with van der Waals surface area (Å²) >= 11 is 0. The van der Waals surface area contributed by atoms with E-state index in [0.717, 1.165) is 29.5 Å². The number of nitrogens with one attached hydrogen (secondary N) is 1. The summed E-state index contributed by atoms with van der Waals surface area (Å²) in [5.74, 6) is -0.281. The van der Waals surface area contributed by atoms with Gasteiger partial charge in [0.15, 0.2) is 0 Å². The molecule has 3 nitrogen and oxygen atoms in total. The maximum atomic E-state index is 13.0. The zero-order valence-corrected chi connectivity index (χ0v) is 14.3. The van der Waals surface area contributed by atoms with Gasteiger partial charge in [0.05, 0.1) is 0 Å². The lowest BCUT2D eigenvalue weighted by Crippen LogP contribution is -2.30. The molecule has 0 bridgehead atoms. The number of sulfonamides is 1. The van der Waals surface area contributed by atoms with Crippen LogP contribution in [0.4, 0.5) is 4.39 Å². The standard InChI is InChI=1S/C19H20FNO2S/c1-15-2-4-16(5-3-15)10-13-24(22,23)21-14-19(11-12-19)17-6-8-18(20)9-7-17/h2-10,13,21H,11-12,14H2,1H3/b13-10+. The van der Waals surface area contributed by atoms with Crippen molar-refractivity contribution in [2.75, 3.05) is 6.54 Å². The highest BCUT2D eigenvalue weighted by Crippen LogP contribution is 2.47. The van der Waals surface area contributed by atoms with E-state index in [-0.39, 0.29) is 11.2 Å². The lowest BCUT2D eigenvalue weighted by molar-refractivity contribution is 0.574. The van der Waals surface area contributed by atoms with Crippen LogP contribution in [-0.4, -0.2) is 15.0 Å². The fourth-order valence-corrected chi connectivity index (χ4v) is 3.56. The highest BCUT2D eigenvalue weighted by atomic mass is 32.2. The normalized spacial score (nSPS) is 16.4. The number of rotatable bonds is 6. The van der Waals surface area contributed by atoms with Gasteiger partial charge < -0.3 is 0 Å². The van der Waals surface area contributed by atoms with Crippen LogP contribution >= 0.6 is 0 Å². The van der Waals surface area contributed by atoms with Gasteiger partial charge in [0, 0.05) is 17.4 Å². The van der Waals surface area contributed by atoms with Crippen molar-refractivity contribution in [3.8, 4) is 0 Å². The first-order chi connectivity index (χ1) is 11.4. The first-order valence-corrected chi connectivity index (χ1v) is 9.44. The molecule has 126 valence electrons. The molecule has 0 amide bonds. The number of hydrogen-bond donors (Lipinski definition) is 1. The third kappa shape index (κ3) is 4.10. The summed E-state index contributed by atoms with van der Waals surface area (Å²) in [6.07, 6.45) is 3.39. The summed E-state index contributed by atoms with van der Waals surface area (Å²) in [7, 11) is -3.50. The van der Waals surface area contributed by atoms with Crippen LogP contribution in [0.2, 0.25) is 0 Å². The van der Waals surface area contributed by atoms with Crippen molar-refractivity contribution < 1.29 is 12.8 Å². The largest absolute Gasteiger partial charge is 0.233 e. The van der Waals surface area contributed by atoms with E-state index in [2.05, 4.69) is 4.72 Å². The molecule has 24 heavy (non-hydrogen) atoms. The summed E-state index contributed by atoms with van der Waals surface area (Å²) in [4.78, 5) is 0. The Morgan fingerprint density at radius 3 is 2.29 bits per heavy atom. The Morgan fingerprint density at radius 2 is 1.71 bits per heavy atom. The smallest absolute Gasteiger partial charge is 0.211 e. The molecule has 2 aromatic rings. The molecular weight excluding hydrogens is 325 g/mol. The van der Waals surface area contributed by atoms with Crippen molar-refractivity contribution in [2.24, 2.45) is 0 Å². The predicted octanol–water partition coefficient (Wildman–Crippen LogP) is 3.76. The summed E-state index contributed by atoms with van der Waals surface area (Å²) in [6.45, 7) is 2.32. The molecule has 0 spiro atoms. The van der Waals surface area contributed by atoms with Crippen molar-refractivity contribution in [1.82, 2.24) is 4.72 Å². The summed E-state index contributed by atoms with van der Waals surface area (Å²) in [6, 6.07) is 13.9. The second-order valence-electron chi connectivity index (χ2n) is 6.37. The van der Waals surface area contributed by atoms with E-state index < -0.39 is 10.0 Å². The molecule has 0 saturated heterocycles. The van der Waals surface area contributed by atoms with Gasteiger partial charge in [-0.15, -0.1) is 0 Å². The molecule has 2 aromatic carbocycles. The Morgan fingerprint density at radius 1 is 1.08 bits per heavy atom. The topological polar surface area (TPSA) is 46.2 Å². The average molecular weight is 345 g/mol. The van der Waals surface area contributed by atoms with Crippen molar-refractivity contribution in [2.45, 2.75) is 25.2 Å². The minimum atomic E-state index is -3.50. The van der Waals surface area contributed by atoms with E-state index >= 15 is 0 Å². The molecule has 0 atom stereocenters. The number of hydrogen-bond acceptors (Lipinski definition) is 2. The van der Waals surface area contributed by atoms with Crippen LogP contribution in [-0.2, 0) is 15.4 Å². The zero-order chi connectivity index (χ0) is 17.2. The Labute approximate surface area is 142 Å². The Bertz CT molecular complexity index is 836. The van der Waals surface area contributed by atoms with E-state index in [1.54, 1.807) is 18.2 Å². The van der Waals surface area contributed by atoms with E-state index in [9.17, 15) is 12.8 Å². The third-order valence-corrected chi connectivity index (χ3v) is 5.48. The summed E-state index contributed by atoms with van der Waals surface area (Å²) < 4.78 is 40.0. The van der Waals surface area contributed by atoms with E-state index in [4.69, 9.17) is 0 Å². The fourth-order valence-electron chi connectivity index (χ4n) is 2.65. The Hall–Kier alpha value is -1.98. The van der Waals surface area contributed by atoms with Gasteiger partial charge in [0.25, 0.3) is 0 Å². The molecule has 1 saturated carbocycles. The van der Waals surface area contributed by atoms with Crippen LogP contribution in [0.5, 0.6) is 0 Å². The summed E-state index contributed by atoms with van der Waals surface area (Å²) in [5, 5.41) is 1.19. The second kappa shape index (κ2) is 6.49. The third-order valence-electron chi connectivity index (χ3n) is 4.44. The molecule has 1 N–H and O–H groups in total. The lowest BCUT2D eigenvalue weighted by atomic mass is 9.96. The molecule has 1 aliphatic rings. The zero-order valence-electron chi connectivity index (χ0n) is 13.5. The molecule has 0 aliphatic heterocycles. The molecule has 0 aromatic heterocycles. The van der Waals surface area contributed by atoms with Gasteiger partial charge in [-0.05, 0) is 49.1 Å². The highest BCUT2D eigenvalue weighted by Gasteiger charge is 2.44. The van der Waals surface area contributed by atoms with Crippen LogP contribution in [0.25, 0.3) is 6.08 Å². The van der Waals surface area contributed by atoms with Gasteiger partial charge in [0.2, 0.25) is 10.0 Å². The van der Waals surface area contributed by atoms with Crippen molar-refractivity contribution in [3.05, 3.63) is 76.4 Å². The lowest BCUT2D eigenvalue weighted by Gasteiger charge is -2.15. The molecule has 1 fully saturated rings. The van der Waals surface area contributed by atoms with Crippen LogP contribution in [0.15, 0.2) is 53.9 Å². The average Bonchev–Trinajstić information content (AvgIpc) is 3.35. The molecule has 0 unspecified atom stereocenters. The minimum absolute atomic E-state index is 0.196.